The maximum Gasteiger partial charge on any atom is 0.253 e. The topological polar surface area (TPSA) is 107 Å². The smallest absolute Gasteiger partial charge is 0.253 e. The second-order valence-electron chi connectivity index (χ2n) is 8.48. The third kappa shape index (κ3) is 5.76. The molecule has 2 atom stereocenters. The second-order valence-corrected chi connectivity index (χ2v) is 8.92. The van der Waals surface area contributed by atoms with Gasteiger partial charge in [0.05, 0.1) is 23.5 Å². The van der Waals surface area contributed by atoms with Crippen LogP contribution in [0.5, 0.6) is 0 Å². The molecule has 0 bridgehead atoms. The van der Waals surface area contributed by atoms with E-state index in [1.807, 2.05) is 6.92 Å². The summed E-state index contributed by atoms with van der Waals surface area (Å²) in [5.41, 5.74) is 1.19. The van der Waals surface area contributed by atoms with Crippen LogP contribution in [0, 0.1) is 11.6 Å². The molecule has 3 N–H and O–H groups in total. The number of allylic oxidation sites excluding steroid dienone is 1. The maximum absolute atomic E-state index is 14.6. The summed E-state index contributed by atoms with van der Waals surface area (Å²) in [6, 6.07) is 2.62. The van der Waals surface area contributed by atoms with Gasteiger partial charge in [0.2, 0.25) is 0 Å². The highest BCUT2D eigenvalue weighted by Gasteiger charge is 2.25. The third-order valence-corrected chi connectivity index (χ3v) is 6.18. The van der Waals surface area contributed by atoms with Gasteiger partial charge < -0.3 is 15.6 Å². The summed E-state index contributed by atoms with van der Waals surface area (Å²) in [5, 5.41) is 14.4. The SMILES string of the molecule is C/C=C/C(=C\N=NC)C(=O)N[C@@H]1CCCC(Nc2nc(-c3c[nH]c4c(F)cc(Cl)cc34)ncc2F)C1. The van der Waals surface area contributed by atoms with Crippen LogP contribution >= 0.6 is 11.6 Å². The molecule has 2 aromatic heterocycles. The average Bonchev–Trinajstić information content (AvgIpc) is 3.27. The number of nitrogens with one attached hydrogen (secondary N) is 3. The quantitative estimate of drug-likeness (QED) is 0.206. The minimum atomic E-state index is -0.600. The standard InChI is InChI=1S/C25H26ClF2N7O/c1-3-5-14(11-32-29-2)25(36)34-17-7-4-6-16(10-17)33-24-21(28)13-31-23(35-24)19-12-30-22-18(19)8-15(26)9-20(22)27/h3,5,8-9,11-13,16-17,30H,4,6-7,10H2,1-2H3,(H,34,36)(H,31,33,35)/b5-3+,14-11+,32-29?/t16?,17-/m1/s1. The zero-order valence-electron chi connectivity index (χ0n) is 19.9. The summed E-state index contributed by atoms with van der Waals surface area (Å²) >= 11 is 6.02. The van der Waals surface area contributed by atoms with Gasteiger partial charge in [-0.05, 0) is 44.7 Å². The molecule has 1 amide bonds. The van der Waals surface area contributed by atoms with Crippen molar-refractivity contribution in [3.63, 3.8) is 0 Å². The van der Waals surface area contributed by atoms with Gasteiger partial charge in [0.15, 0.2) is 17.5 Å². The lowest BCUT2D eigenvalue weighted by atomic mass is 9.90. The highest BCUT2D eigenvalue weighted by molar-refractivity contribution is 6.31. The van der Waals surface area contributed by atoms with E-state index in [1.54, 1.807) is 24.4 Å². The zero-order chi connectivity index (χ0) is 25.7. The molecule has 1 aliphatic carbocycles. The number of aromatic nitrogens is 3. The Labute approximate surface area is 212 Å². The largest absolute Gasteiger partial charge is 0.365 e. The van der Waals surface area contributed by atoms with Crippen molar-refractivity contribution in [1.29, 1.82) is 0 Å². The van der Waals surface area contributed by atoms with E-state index in [0.29, 0.717) is 22.9 Å². The van der Waals surface area contributed by atoms with Crippen molar-refractivity contribution >= 4 is 34.2 Å². The first-order chi connectivity index (χ1) is 17.4. The Hall–Kier alpha value is -3.66. The Morgan fingerprint density at radius 3 is 2.83 bits per heavy atom. The number of fused-ring (bicyclic) bond motifs is 1. The van der Waals surface area contributed by atoms with Crippen LogP contribution in [0.3, 0.4) is 0 Å². The highest BCUT2D eigenvalue weighted by Crippen LogP contribution is 2.32. The molecule has 2 heterocycles. The number of aromatic amines is 1. The summed E-state index contributed by atoms with van der Waals surface area (Å²) in [4.78, 5) is 24.0. The predicted molar refractivity (Wildman–Crippen MR) is 136 cm³/mol. The minimum Gasteiger partial charge on any atom is -0.365 e. The number of rotatable bonds is 7. The number of benzene rings is 1. The summed E-state index contributed by atoms with van der Waals surface area (Å²) in [5.74, 6) is -1.06. The summed E-state index contributed by atoms with van der Waals surface area (Å²) in [6.45, 7) is 1.82. The zero-order valence-corrected chi connectivity index (χ0v) is 20.6. The van der Waals surface area contributed by atoms with E-state index < -0.39 is 11.6 Å². The number of nitrogens with zero attached hydrogens (tertiary/aromatic N) is 4. The molecule has 188 valence electrons. The monoisotopic (exact) mass is 513 g/mol. The van der Waals surface area contributed by atoms with Crippen molar-refractivity contribution in [3.05, 3.63) is 65.1 Å². The number of H-pyrrole nitrogens is 1. The van der Waals surface area contributed by atoms with E-state index >= 15 is 0 Å². The molecule has 36 heavy (non-hydrogen) atoms. The molecule has 11 heteroatoms. The average molecular weight is 514 g/mol. The van der Waals surface area contributed by atoms with Crippen LogP contribution in [0.4, 0.5) is 14.6 Å². The first kappa shape index (κ1) is 25.4. The van der Waals surface area contributed by atoms with Crippen molar-refractivity contribution in [1.82, 2.24) is 20.3 Å². The van der Waals surface area contributed by atoms with Gasteiger partial charge in [-0.3, -0.25) is 4.79 Å². The van der Waals surface area contributed by atoms with Crippen LogP contribution in [0.1, 0.15) is 32.6 Å². The highest BCUT2D eigenvalue weighted by atomic mass is 35.5. The van der Waals surface area contributed by atoms with Gasteiger partial charge in [0.1, 0.15) is 5.82 Å². The van der Waals surface area contributed by atoms with Gasteiger partial charge >= 0.3 is 0 Å². The van der Waals surface area contributed by atoms with E-state index in [-0.39, 0.29) is 40.2 Å². The fourth-order valence-corrected chi connectivity index (χ4v) is 4.53. The molecule has 3 aromatic rings. The molecule has 0 aliphatic heterocycles. The van der Waals surface area contributed by atoms with Crippen molar-refractivity contribution < 1.29 is 13.6 Å². The Kier molecular flexibility index (Phi) is 8.04. The van der Waals surface area contributed by atoms with Crippen molar-refractivity contribution in [3.8, 4) is 11.4 Å². The Balaban J connectivity index is 1.50. The van der Waals surface area contributed by atoms with E-state index in [9.17, 15) is 13.6 Å². The maximum atomic E-state index is 14.6. The minimum absolute atomic E-state index is 0.0479. The van der Waals surface area contributed by atoms with Gasteiger partial charge in [-0.15, -0.1) is 0 Å². The van der Waals surface area contributed by atoms with Crippen molar-refractivity contribution in [2.45, 2.75) is 44.7 Å². The lowest BCUT2D eigenvalue weighted by Crippen LogP contribution is -2.42. The Bertz CT molecular complexity index is 1350. The summed E-state index contributed by atoms with van der Waals surface area (Å²) in [7, 11) is 1.53. The predicted octanol–water partition coefficient (Wildman–Crippen LogP) is 5.94. The van der Waals surface area contributed by atoms with Gasteiger partial charge in [0.25, 0.3) is 5.91 Å². The van der Waals surface area contributed by atoms with Crippen LogP contribution in [0.25, 0.3) is 22.3 Å². The Morgan fingerprint density at radius 2 is 2.06 bits per heavy atom. The van der Waals surface area contributed by atoms with Gasteiger partial charge in [-0.25, -0.2) is 18.7 Å². The fourth-order valence-electron chi connectivity index (χ4n) is 4.33. The number of halogens is 3. The van der Waals surface area contributed by atoms with Gasteiger partial charge in [0, 0.05) is 41.3 Å². The molecule has 0 saturated heterocycles. The number of hydrogen-bond acceptors (Lipinski definition) is 6. The molecular weight excluding hydrogens is 488 g/mol. The first-order valence-corrected chi connectivity index (χ1v) is 12.0. The van der Waals surface area contributed by atoms with Crippen LogP contribution in [0.2, 0.25) is 5.02 Å². The molecule has 4 rings (SSSR count). The van der Waals surface area contributed by atoms with Gasteiger partial charge in [-0.2, -0.15) is 10.2 Å². The molecule has 8 nitrogen and oxygen atoms in total. The van der Waals surface area contributed by atoms with E-state index in [0.717, 1.165) is 25.5 Å². The van der Waals surface area contributed by atoms with Crippen LogP contribution < -0.4 is 10.6 Å². The lowest BCUT2D eigenvalue weighted by molar-refractivity contribution is -0.118. The Morgan fingerprint density at radius 1 is 1.25 bits per heavy atom. The second kappa shape index (κ2) is 11.4. The number of carbonyl (C=O) groups is 1. The molecular formula is C25H26ClF2N7O. The summed E-state index contributed by atoms with van der Waals surface area (Å²) in [6.07, 6.45) is 10.5. The molecule has 0 spiro atoms. The number of hydrogen-bond donors (Lipinski definition) is 3. The number of amides is 1. The third-order valence-electron chi connectivity index (χ3n) is 5.96. The normalized spacial score (nSPS) is 18.9. The molecule has 1 aromatic carbocycles. The van der Waals surface area contributed by atoms with E-state index in [2.05, 4.69) is 35.8 Å². The molecule has 0 radical (unpaired) electrons. The van der Waals surface area contributed by atoms with Crippen LogP contribution in [-0.4, -0.2) is 40.0 Å². The van der Waals surface area contributed by atoms with Crippen molar-refractivity contribution in [2.24, 2.45) is 10.2 Å². The summed E-state index contributed by atoms with van der Waals surface area (Å²) < 4.78 is 28.9. The van der Waals surface area contributed by atoms with E-state index in [1.165, 1.54) is 19.3 Å². The molecule has 1 saturated carbocycles. The van der Waals surface area contributed by atoms with Crippen LogP contribution in [-0.2, 0) is 4.79 Å². The van der Waals surface area contributed by atoms with Crippen molar-refractivity contribution in [2.75, 3.05) is 12.4 Å². The molecule has 1 aliphatic rings. The molecule has 1 unspecified atom stereocenters. The van der Waals surface area contributed by atoms with E-state index in [4.69, 9.17) is 11.6 Å². The first-order valence-electron chi connectivity index (χ1n) is 11.6. The number of azo groups is 1. The van der Waals surface area contributed by atoms with Gasteiger partial charge in [-0.1, -0.05) is 23.8 Å². The fraction of sp³-hybridized carbons (Fsp3) is 0.320. The number of anilines is 1. The van der Waals surface area contributed by atoms with Crippen LogP contribution in [0.15, 0.2) is 58.7 Å². The molecule has 1 fully saturated rings. The lowest BCUT2D eigenvalue weighted by Gasteiger charge is -2.30. The number of carbonyl (C=O) groups excluding carboxylic acids is 1.